The average molecular weight is 656 g/mol. The summed E-state index contributed by atoms with van der Waals surface area (Å²) in [5.74, 6) is -0.189. The zero-order valence-electron chi connectivity index (χ0n) is 26.6. The number of likely N-dealkylation sites (tertiary alicyclic amines) is 1. The van der Waals surface area contributed by atoms with Crippen LogP contribution in [0.2, 0.25) is 0 Å². The number of halogens is 2. The van der Waals surface area contributed by atoms with Crippen LogP contribution < -0.4 is 25.5 Å². The summed E-state index contributed by atoms with van der Waals surface area (Å²) in [4.78, 5) is 35.9. The first-order chi connectivity index (χ1) is 23.2. The quantitative estimate of drug-likeness (QED) is 0.169. The van der Waals surface area contributed by atoms with Crippen LogP contribution in [0, 0.1) is 17.6 Å². The molecular weight excluding hydrogens is 620 g/mol. The Morgan fingerprint density at radius 3 is 2.44 bits per heavy atom. The number of primary amides is 1. The molecule has 1 aliphatic heterocycles. The van der Waals surface area contributed by atoms with Gasteiger partial charge in [-0.2, -0.15) is 0 Å². The van der Waals surface area contributed by atoms with Crippen molar-refractivity contribution in [2.45, 2.75) is 26.2 Å². The number of piperidine rings is 1. The molecule has 2 N–H and O–H groups in total. The number of hydrogen-bond donors (Lipinski definition) is 1. The highest BCUT2D eigenvalue weighted by atomic mass is 19.1. The largest absolute Gasteiger partial charge is 0.493 e. The van der Waals surface area contributed by atoms with Crippen LogP contribution in [-0.4, -0.2) is 58.7 Å². The van der Waals surface area contributed by atoms with E-state index in [0.29, 0.717) is 34.8 Å². The number of aromatic nitrogens is 3. The number of nitrogens with two attached hydrogens (primary N) is 1. The Hall–Kier alpha value is -5.36. The van der Waals surface area contributed by atoms with Crippen molar-refractivity contribution in [1.82, 2.24) is 19.4 Å². The van der Waals surface area contributed by atoms with Gasteiger partial charge in [-0.1, -0.05) is 6.92 Å². The van der Waals surface area contributed by atoms with Crippen molar-refractivity contribution in [3.63, 3.8) is 0 Å². The molecule has 0 spiro atoms. The lowest BCUT2D eigenvalue weighted by Crippen LogP contribution is -2.34. The van der Waals surface area contributed by atoms with Crippen LogP contribution in [0.3, 0.4) is 0 Å². The van der Waals surface area contributed by atoms with Gasteiger partial charge in [-0.05, 0) is 92.9 Å². The van der Waals surface area contributed by atoms with Gasteiger partial charge in [0.25, 0.3) is 11.5 Å². The highest BCUT2D eigenvalue weighted by Gasteiger charge is 2.20. The standard InChI is InChI=1S/C36H35F2N5O5/c1-22-11-15-42(16-12-22)14-3-17-47-33-20-28-26(19-32(33)46-2)30(10-13-40-28)48-31-9-4-23(18-27(31)38)29-21-41-34(35(39)44)36(45)43(29)25-7-5-24(37)6-8-25/h4-10,13,18-22H,3,11-12,14-17H2,1-2H3,(H2,39,44). The Bertz CT molecular complexity index is 2010. The van der Waals surface area contributed by atoms with E-state index in [1.165, 1.54) is 43.3 Å². The highest BCUT2D eigenvalue weighted by molar-refractivity contribution is 5.91. The van der Waals surface area contributed by atoms with E-state index >= 15 is 4.39 Å². The monoisotopic (exact) mass is 655 g/mol. The number of nitrogens with zero attached hydrogens (tertiary/aromatic N) is 4. The van der Waals surface area contributed by atoms with Gasteiger partial charge in [-0.25, -0.2) is 13.8 Å². The molecule has 0 atom stereocenters. The summed E-state index contributed by atoms with van der Waals surface area (Å²) in [5.41, 5.74) is 5.22. The highest BCUT2D eigenvalue weighted by Crippen LogP contribution is 2.38. The van der Waals surface area contributed by atoms with Crippen molar-refractivity contribution >= 4 is 16.8 Å². The van der Waals surface area contributed by atoms with Crippen molar-refractivity contribution in [2.75, 3.05) is 33.4 Å². The molecule has 0 radical (unpaired) electrons. The number of hydrogen-bond acceptors (Lipinski definition) is 8. The van der Waals surface area contributed by atoms with Crippen LogP contribution in [0.25, 0.3) is 27.8 Å². The first-order valence-electron chi connectivity index (χ1n) is 15.7. The third-order valence-corrected chi connectivity index (χ3v) is 8.47. The number of ether oxygens (including phenoxy) is 3. The smallest absolute Gasteiger partial charge is 0.287 e. The lowest BCUT2D eigenvalue weighted by molar-refractivity contribution is 0.0993. The second-order valence-electron chi connectivity index (χ2n) is 11.8. The summed E-state index contributed by atoms with van der Waals surface area (Å²) in [6, 6.07) is 14.3. The van der Waals surface area contributed by atoms with E-state index in [4.69, 9.17) is 19.9 Å². The van der Waals surface area contributed by atoms with Gasteiger partial charge in [0.1, 0.15) is 11.6 Å². The minimum atomic E-state index is -1.03. The molecule has 0 unspecified atom stereocenters. The Balaban J connectivity index is 1.24. The number of rotatable bonds is 11. The molecule has 10 nitrogen and oxygen atoms in total. The Morgan fingerprint density at radius 1 is 0.958 bits per heavy atom. The van der Waals surface area contributed by atoms with Gasteiger partial charge in [0, 0.05) is 35.4 Å². The molecule has 48 heavy (non-hydrogen) atoms. The Labute approximate surface area is 275 Å². The Morgan fingerprint density at radius 2 is 1.73 bits per heavy atom. The zero-order chi connectivity index (χ0) is 33.8. The second-order valence-corrected chi connectivity index (χ2v) is 11.8. The van der Waals surface area contributed by atoms with Crippen LogP contribution in [0.15, 0.2) is 77.9 Å². The molecule has 1 amide bonds. The fourth-order valence-electron chi connectivity index (χ4n) is 5.78. The molecule has 1 saturated heterocycles. The fraction of sp³-hybridized carbons (Fsp3) is 0.278. The summed E-state index contributed by atoms with van der Waals surface area (Å²) in [6.07, 6.45) is 6.13. The van der Waals surface area contributed by atoms with Crippen molar-refractivity contribution in [3.05, 3.63) is 101 Å². The van der Waals surface area contributed by atoms with Gasteiger partial charge in [-0.3, -0.25) is 19.1 Å². The Kier molecular flexibility index (Phi) is 9.62. The third kappa shape index (κ3) is 6.98. The van der Waals surface area contributed by atoms with Gasteiger partial charge in [0.05, 0.1) is 31.1 Å². The van der Waals surface area contributed by atoms with Gasteiger partial charge in [-0.15, -0.1) is 0 Å². The summed E-state index contributed by atoms with van der Waals surface area (Å²) < 4.78 is 48.1. The topological polar surface area (TPSA) is 122 Å². The van der Waals surface area contributed by atoms with E-state index in [2.05, 4.69) is 21.8 Å². The fourth-order valence-corrected chi connectivity index (χ4v) is 5.78. The van der Waals surface area contributed by atoms with Crippen LogP contribution >= 0.6 is 0 Å². The van der Waals surface area contributed by atoms with Crippen LogP contribution in [0.1, 0.15) is 36.7 Å². The molecule has 5 aromatic rings. The maximum absolute atomic E-state index is 15.6. The van der Waals surface area contributed by atoms with Gasteiger partial charge in [0.2, 0.25) is 0 Å². The summed E-state index contributed by atoms with van der Waals surface area (Å²) in [5, 5.41) is 0.587. The number of benzene rings is 3. The van der Waals surface area contributed by atoms with E-state index < -0.39 is 28.8 Å². The zero-order valence-corrected chi connectivity index (χ0v) is 26.6. The molecule has 3 aromatic carbocycles. The van der Waals surface area contributed by atoms with E-state index in [-0.39, 0.29) is 22.7 Å². The first-order valence-corrected chi connectivity index (χ1v) is 15.7. The molecule has 1 aliphatic rings. The molecule has 0 saturated carbocycles. The number of fused-ring (bicyclic) bond motifs is 1. The lowest BCUT2D eigenvalue weighted by Gasteiger charge is -2.30. The van der Waals surface area contributed by atoms with Crippen molar-refractivity contribution in [1.29, 1.82) is 0 Å². The third-order valence-electron chi connectivity index (χ3n) is 8.47. The van der Waals surface area contributed by atoms with Gasteiger partial charge < -0.3 is 24.8 Å². The van der Waals surface area contributed by atoms with Crippen LogP contribution in [0.4, 0.5) is 8.78 Å². The summed E-state index contributed by atoms with van der Waals surface area (Å²) >= 11 is 0. The molecule has 3 heterocycles. The molecule has 12 heteroatoms. The maximum Gasteiger partial charge on any atom is 0.287 e. The molecular formula is C36H35F2N5O5. The normalized spacial score (nSPS) is 13.8. The van der Waals surface area contributed by atoms with Crippen molar-refractivity contribution in [3.8, 4) is 39.9 Å². The van der Waals surface area contributed by atoms with Crippen molar-refractivity contribution < 1.29 is 27.8 Å². The molecule has 0 bridgehead atoms. The number of amides is 1. The summed E-state index contributed by atoms with van der Waals surface area (Å²) in [7, 11) is 1.55. The first kappa shape index (κ1) is 32.6. The van der Waals surface area contributed by atoms with E-state index in [1.807, 2.05) is 0 Å². The van der Waals surface area contributed by atoms with Crippen molar-refractivity contribution in [2.24, 2.45) is 11.7 Å². The molecule has 2 aromatic heterocycles. The van der Waals surface area contributed by atoms with Gasteiger partial charge in [0.15, 0.2) is 28.8 Å². The molecule has 248 valence electrons. The average Bonchev–Trinajstić information content (AvgIpc) is 3.08. The summed E-state index contributed by atoms with van der Waals surface area (Å²) in [6.45, 7) is 6.04. The molecule has 6 rings (SSSR count). The SMILES string of the molecule is COc1cc2c(Oc3ccc(-c4cnc(C(N)=O)c(=O)n4-c4ccc(F)cc4)cc3F)ccnc2cc1OCCCN1CCC(C)CC1. The number of pyridine rings is 1. The minimum absolute atomic E-state index is 0.0879. The predicted octanol–water partition coefficient (Wildman–Crippen LogP) is 6.13. The minimum Gasteiger partial charge on any atom is -0.493 e. The molecule has 0 aliphatic carbocycles. The predicted molar refractivity (Wildman–Crippen MR) is 177 cm³/mol. The van der Waals surface area contributed by atoms with E-state index in [1.54, 1.807) is 37.6 Å². The van der Waals surface area contributed by atoms with Crippen LogP contribution in [-0.2, 0) is 0 Å². The number of carbonyl (C=O) groups excluding carboxylic acids is 1. The van der Waals surface area contributed by atoms with E-state index in [9.17, 15) is 14.0 Å². The van der Waals surface area contributed by atoms with Crippen LogP contribution in [0.5, 0.6) is 23.0 Å². The number of carbonyl (C=O) groups is 1. The van der Waals surface area contributed by atoms with E-state index in [0.717, 1.165) is 48.7 Å². The lowest BCUT2D eigenvalue weighted by atomic mass is 9.99. The molecule has 1 fully saturated rings. The second kappa shape index (κ2) is 14.2. The number of methoxy groups -OCH3 is 1. The maximum atomic E-state index is 15.6. The van der Waals surface area contributed by atoms with Gasteiger partial charge >= 0.3 is 0 Å².